The van der Waals surface area contributed by atoms with Crippen LogP contribution in [0.25, 0.3) is 5.57 Å². The van der Waals surface area contributed by atoms with E-state index in [-0.39, 0.29) is 0 Å². The third-order valence-corrected chi connectivity index (χ3v) is 4.85. The number of hydrogen-bond donors (Lipinski definition) is 1. The Labute approximate surface area is 253 Å². The van der Waals surface area contributed by atoms with Gasteiger partial charge in [-0.15, -0.1) is 13.2 Å². The first-order valence-corrected chi connectivity index (χ1v) is 15.1. The molecule has 0 saturated carbocycles. The molecule has 1 N–H and O–H groups in total. The Bertz CT molecular complexity index is 844. The van der Waals surface area contributed by atoms with Crippen molar-refractivity contribution in [3.8, 4) is 5.75 Å². The summed E-state index contributed by atoms with van der Waals surface area (Å²) in [5.74, 6) is 2.47. The van der Waals surface area contributed by atoms with Crippen molar-refractivity contribution in [3.05, 3.63) is 96.5 Å². The first kappa shape index (κ1) is 47.1. The summed E-state index contributed by atoms with van der Waals surface area (Å²) in [5, 5.41) is 3.17. The molecule has 0 unspecified atom stereocenters. The van der Waals surface area contributed by atoms with Crippen LogP contribution in [0, 0.1) is 12.8 Å². The van der Waals surface area contributed by atoms with Crippen LogP contribution in [0.1, 0.15) is 127 Å². The van der Waals surface area contributed by atoms with E-state index in [2.05, 4.69) is 65.0 Å². The molecule has 2 heteroatoms. The van der Waals surface area contributed by atoms with Crippen LogP contribution < -0.4 is 10.1 Å². The Hall–Kier alpha value is -2.74. The molecular weight excluding hydrogens is 486 g/mol. The van der Waals surface area contributed by atoms with E-state index in [1.54, 1.807) is 6.08 Å². The zero-order valence-corrected chi connectivity index (χ0v) is 29.7. The molecule has 0 bridgehead atoms. The third kappa shape index (κ3) is 28.3. The van der Waals surface area contributed by atoms with E-state index in [1.165, 1.54) is 31.3 Å². The first-order chi connectivity index (χ1) is 18.7. The fourth-order valence-electron chi connectivity index (χ4n) is 3.34. The first-order valence-electron chi connectivity index (χ1n) is 15.1. The lowest BCUT2D eigenvalue weighted by Crippen LogP contribution is -2.07. The van der Waals surface area contributed by atoms with Gasteiger partial charge in [0.15, 0.2) is 0 Å². The van der Waals surface area contributed by atoms with Crippen molar-refractivity contribution in [2.45, 2.75) is 123 Å². The van der Waals surface area contributed by atoms with E-state index >= 15 is 0 Å². The highest BCUT2D eigenvalue weighted by molar-refractivity contribution is 5.82. The summed E-state index contributed by atoms with van der Waals surface area (Å²) < 4.78 is 5.59. The van der Waals surface area contributed by atoms with Crippen molar-refractivity contribution in [2.24, 2.45) is 5.92 Å². The zero-order valence-electron chi connectivity index (χ0n) is 29.7. The smallest absolute Gasteiger partial charge is 0.129 e. The molecule has 0 aliphatic carbocycles. The summed E-state index contributed by atoms with van der Waals surface area (Å²) in [4.78, 5) is 0. The van der Waals surface area contributed by atoms with Gasteiger partial charge in [-0.25, -0.2) is 0 Å². The maximum Gasteiger partial charge on any atom is 0.129 e. The average molecular weight is 556 g/mol. The van der Waals surface area contributed by atoms with Gasteiger partial charge in [0.25, 0.3) is 0 Å². The Morgan fingerprint density at radius 1 is 0.900 bits per heavy atom. The normalized spacial score (nSPS) is 9.40. The summed E-state index contributed by atoms with van der Waals surface area (Å²) in [6, 6.07) is 6.04. The van der Waals surface area contributed by atoms with Crippen molar-refractivity contribution in [1.29, 1.82) is 0 Å². The van der Waals surface area contributed by atoms with Crippen LogP contribution in [-0.4, -0.2) is 7.05 Å². The largest absolute Gasteiger partial charge is 0.462 e. The molecule has 0 radical (unpaired) electrons. The minimum absolute atomic E-state index is 0.679. The second-order valence-corrected chi connectivity index (χ2v) is 9.59. The minimum Gasteiger partial charge on any atom is -0.462 e. The quantitative estimate of drug-likeness (QED) is 0.176. The molecule has 1 rings (SSSR count). The van der Waals surface area contributed by atoms with Crippen LogP contribution in [0.5, 0.6) is 5.75 Å². The molecule has 0 fully saturated rings. The summed E-state index contributed by atoms with van der Waals surface area (Å²) in [6.07, 6.45) is 7.27. The molecule has 0 spiro atoms. The number of benzene rings is 1. The standard InChI is InChI=1S/C19H25NO.C8H18.C4H8.C3H6.2C2H6/c1-12(2)19(16(7)20-8)15(6)17-9-10-18(14(5)11-17)21-13(3)4;1-4-6-8(3)7-5-2;1-4(2)3;1-3-2;2*1-2/h9-11,20H,1,3,6H2,2,4-5,7-8H3;8H,4-7H2,1-3H3;1H2,2-3H3;3H,1H2,2H3;2*1-2H3/b19-16-;;;;;. The number of rotatable bonds is 10. The van der Waals surface area contributed by atoms with E-state index in [0.29, 0.717) is 5.76 Å². The minimum atomic E-state index is 0.679. The van der Waals surface area contributed by atoms with E-state index in [1.807, 2.05) is 95.3 Å². The summed E-state index contributed by atoms with van der Waals surface area (Å²) in [7, 11) is 1.90. The van der Waals surface area contributed by atoms with Gasteiger partial charge in [-0.2, -0.15) is 0 Å². The average Bonchev–Trinajstić information content (AvgIpc) is 2.88. The Morgan fingerprint density at radius 2 is 1.30 bits per heavy atom. The van der Waals surface area contributed by atoms with Gasteiger partial charge in [0.2, 0.25) is 0 Å². The lowest BCUT2D eigenvalue weighted by molar-refractivity contribution is 0.427. The zero-order chi connectivity index (χ0) is 32.8. The van der Waals surface area contributed by atoms with Crippen LogP contribution in [0.4, 0.5) is 0 Å². The van der Waals surface area contributed by atoms with Gasteiger partial charge in [-0.1, -0.05) is 112 Å². The van der Waals surface area contributed by atoms with Crippen molar-refractivity contribution in [3.63, 3.8) is 0 Å². The highest BCUT2D eigenvalue weighted by Crippen LogP contribution is 2.31. The molecule has 1 aromatic rings. The van der Waals surface area contributed by atoms with Gasteiger partial charge >= 0.3 is 0 Å². The lowest BCUT2D eigenvalue weighted by atomic mass is 9.92. The second kappa shape index (κ2) is 32.5. The van der Waals surface area contributed by atoms with E-state index in [4.69, 9.17) is 4.74 Å². The number of nitrogens with one attached hydrogen (secondary N) is 1. The van der Waals surface area contributed by atoms with Crippen molar-refractivity contribution >= 4 is 5.57 Å². The number of aryl methyl sites for hydroxylation is 1. The Morgan fingerprint density at radius 3 is 1.57 bits per heavy atom. The lowest BCUT2D eigenvalue weighted by Gasteiger charge is -2.17. The number of allylic oxidation sites excluding steroid dienone is 7. The third-order valence-electron chi connectivity index (χ3n) is 4.85. The van der Waals surface area contributed by atoms with Crippen LogP contribution in [0.2, 0.25) is 0 Å². The predicted octanol–water partition coefficient (Wildman–Crippen LogP) is 13.0. The van der Waals surface area contributed by atoms with E-state index in [9.17, 15) is 0 Å². The maximum atomic E-state index is 5.59. The van der Waals surface area contributed by atoms with Gasteiger partial charge < -0.3 is 10.1 Å². The maximum absolute atomic E-state index is 5.59. The summed E-state index contributed by atoms with van der Waals surface area (Å²) >= 11 is 0. The molecule has 0 aliphatic heterocycles. The van der Waals surface area contributed by atoms with Gasteiger partial charge in [-0.3, -0.25) is 0 Å². The Balaban J connectivity index is -0.000000177. The molecule has 2 nitrogen and oxygen atoms in total. The van der Waals surface area contributed by atoms with Gasteiger partial charge in [0.1, 0.15) is 5.75 Å². The molecule has 0 amide bonds. The summed E-state index contributed by atoms with van der Waals surface area (Å²) in [6.45, 7) is 47.5. The highest BCUT2D eigenvalue weighted by atomic mass is 16.5. The molecule has 0 aromatic heterocycles. The van der Waals surface area contributed by atoms with Crippen LogP contribution in [0.3, 0.4) is 0 Å². The molecule has 0 saturated heterocycles. The molecule has 0 heterocycles. The van der Waals surface area contributed by atoms with Crippen molar-refractivity contribution in [2.75, 3.05) is 7.05 Å². The van der Waals surface area contributed by atoms with Gasteiger partial charge in [0.05, 0.1) is 5.76 Å². The van der Waals surface area contributed by atoms with Crippen molar-refractivity contribution < 1.29 is 4.74 Å². The fraction of sp³-hybridized carbons (Fsp3) is 0.526. The molecule has 40 heavy (non-hydrogen) atoms. The fourth-order valence-corrected chi connectivity index (χ4v) is 3.34. The van der Waals surface area contributed by atoms with E-state index in [0.717, 1.165) is 45.2 Å². The predicted molar refractivity (Wildman–Crippen MR) is 190 cm³/mol. The number of hydrogen-bond acceptors (Lipinski definition) is 2. The molecular formula is C38H69NO. The molecule has 0 atom stereocenters. The van der Waals surface area contributed by atoms with Crippen LogP contribution in [-0.2, 0) is 0 Å². The highest BCUT2D eigenvalue weighted by Gasteiger charge is 2.11. The Kier molecular flexibility index (Phi) is 38.2. The topological polar surface area (TPSA) is 21.3 Å². The monoisotopic (exact) mass is 556 g/mol. The molecule has 0 aliphatic rings. The van der Waals surface area contributed by atoms with E-state index < -0.39 is 0 Å². The van der Waals surface area contributed by atoms with Gasteiger partial charge in [0, 0.05) is 18.3 Å². The SMILES string of the molecule is C=C(C)C.C=C(C)Oc1ccc(C(=C)/C(C(=C)C)=C(/C)NC)cc1C.C=CC.CC.CC.CCCC(C)CCC. The number of ether oxygens (including phenoxy) is 1. The second-order valence-electron chi connectivity index (χ2n) is 9.59. The van der Waals surface area contributed by atoms with Gasteiger partial charge in [-0.05, 0) is 88.8 Å². The van der Waals surface area contributed by atoms with Crippen molar-refractivity contribution in [1.82, 2.24) is 5.32 Å². The van der Waals surface area contributed by atoms with Crippen LogP contribution >= 0.6 is 0 Å². The molecule has 1 aromatic carbocycles. The molecule has 232 valence electrons. The van der Waals surface area contributed by atoms with Crippen LogP contribution in [0.15, 0.2) is 85.3 Å². The summed E-state index contributed by atoms with van der Waals surface area (Å²) in [5.41, 5.74) is 7.36.